The maximum Gasteiger partial charge on any atom is 0.433 e. The Morgan fingerprint density at radius 2 is 1.96 bits per heavy atom. The van der Waals surface area contributed by atoms with Gasteiger partial charge in [0.05, 0.1) is 17.4 Å². The van der Waals surface area contributed by atoms with Gasteiger partial charge in [0.25, 0.3) is 0 Å². The molecule has 0 aliphatic heterocycles. The van der Waals surface area contributed by atoms with Crippen molar-refractivity contribution in [3.63, 3.8) is 0 Å². The number of alkyl halides is 3. The van der Waals surface area contributed by atoms with Crippen LogP contribution >= 0.6 is 0 Å². The maximum atomic E-state index is 13.0. The first-order valence-corrected chi connectivity index (χ1v) is 7.19. The Labute approximate surface area is 134 Å². The summed E-state index contributed by atoms with van der Waals surface area (Å²) < 4.78 is 40.5. The van der Waals surface area contributed by atoms with Crippen LogP contribution in [0.25, 0.3) is 33.2 Å². The Kier molecular flexibility index (Phi) is 2.93. The zero-order valence-corrected chi connectivity index (χ0v) is 12.8. The van der Waals surface area contributed by atoms with Crippen LogP contribution in [0.4, 0.5) is 13.2 Å². The van der Waals surface area contributed by atoms with E-state index >= 15 is 0 Å². The fourth-order valence-corrected chi connectivity index (χ4v) is 2.93. The normalized spacial score (nSPS) is 12.4. The molecule has 5 nitrogen and oxygen atoms in total. The molecular formula is C16H12F3N5. The van der Waals surface area contributed by atoms with Crippen LogP contribution in [0, 0.1) is 6.92 Å². The fraction of sp³-hybridized carbons (Fsp3) is 0.188. The van der Waals surface area contributed by atoms with E-state index in [-0.39, 0.29) is 5.52 Å². The lowest BCUT2D eigenvalue weighted by atomic mass is 10.0. The molecule has 0 aliphatic carbocycles. The molecule has 1 aromatic carbocycles. The number of aryl methyl sites for hydroxylation is 2. The van der Waals surface area contributed by atoms with Crippen molar-refractivity contribution < 1.29 is 13.2 Å². The van der Waals surface area contributed by atoms with Gasteiger partial charge < -0.3 is 0 Å². The van der Waals surface area contributed by atoms with Crippen molar-refractivity contribution in [1.29, 1.82) is 0 Å². The lowest BCUT2D eigenvalue weighted by molar-refractivity contribution is -0.140. The lowest BCUT2D eigenvalue weighted by Gasteiger charge is -2.07. The number of nitrogens with one attached hydrogen (secondary N) is 1. The van der Waals surface area contributed by atoms with Crippen molar-refractivity contribution in [1.82, 2.24) is 25.0 Å². The molecule has 0 saturated carbocycles. The Hall–Kier alpha value is -2.90. The second-order valence-corrected chi connectivity index (χ2v) is 5.66. The topological polar surface area (TPSA) is 59.4 Å². The van der Waals surface area contributed by atoms with E-state index in [0.717, 1.165) is 28.1 Å². The number of halogens is 3. The first-order chi connectivity index (χ1) is 11.3. The van der Waals surface area contributed by atoms with Gasteiger partial charge in [-0.3, -0.25) is 9.78 Å². The third-order valence-corrected chi connectivity index (χ3v) is 3.99. The molecule has 0 unspecified atom stereocenters. The molecule has 122 valence electrons. The molecule has 24 heavy (non-hydrogen) atoms. The van der Waals surface area contributed by atoms with Gasteiger partial charge in [-0.15, -0.1) is 0 Å². The zero-order valence-electron chi connectivity index (χ0n) is 12.8. The second kappa shape index (κ2) is 4.80. The highest BCUT2D eigenvalue weighted by atomic mass is 19.4. The number of aromatic nitrogens is 5. The second-order valence-electron chi connectivity index (χ2n) is 5.66. The molecule has 4 rings (SSSR count). The number of pyridine rings is 1. The molecule has 8 heteroatoms. The Bertz CT molecular complexity index is 1070. The summed E-state index contributed by atoms with van der Waals surface area (Å²) >= 11 is 0. The zero-order chi connectivity index (χ0) is 17.1. The molecule has 1 N–H and O–H groups in total. The van der Waals surface area contributed by atoms with Gasteiger partial charge in [0.2, 0.25) is 0 Å². The molecule has 3 aromatic heterocycles. The fourth-order valence-electron chi connectivity index (χ4n) is 2.93. The summed E-state index contributed by atoms with van der Waals surface area (Å²) in [6.45, 7) is 1.91. The Morgan fingerprint density at radius 3 is 2.71 bits per heavy atom. The molecule has 3 heterocycles. The summed E-state index contributed by atoms with van der Waals surface area (Å²) in [7, 11) is 1.69. The van der Waals surface area contributed by atoms with E-state index in [1.54, 1.807) is 17.9 Å². The van der Waals surface area contributed by atoms with Crippen LogP contribution in [-0.2, 0) is 13.2 Å². The van der Waals surface area contributed by atoms with Gasteiger partial charge in [-0.25, -0.2) is 4.98 Å². The number of nitrogens with zero attached hydrogens (tertiary/aromatic N) is 4. The molecule has 0 spiro atoms. The van der Waals surface area contributed by atoms with Crippen molar-refractivity contribution in [3.8, 4) is 11.3 Å². The van der Waals surface area contributed by atoms with Crippen molar-refractivity contribution in [2.24, 2.45) is 7.05 Å². The monoisotopic (exact) mass is 331 g/mol. The van der Waals surface area contributed by atoms with Gasteiger partial charge in [-0.1, -0.05) is 0 Å². The summed E-state index contributed by atoms with van der Waals surface area (Å²) in [4.78, 5) is 3.81. The molecule has 4 aromatic rings. The van der Waals surface area contributed by atoms with Gasteiger partial charge >= 0.3 is 6.18 Å². The average Bonchev–Trinajstić information content (AvgIpc) is 3.08. The first kappa shape index (κ1) is 14.7. The van der Waals surface area contributed by atoms with Crippen LogP contribution < -0.4 is 0 Å². The molecule has 0 aliphatic rings. The predicted molar refractivity (Wildman–Crippen MR) is 83.3 cm³/mol. The van der Waals surface area contributed by atoms with Gasteiger partial charge in [-0.2, -0.15) is 23.4 Å². The molecule has 0 atom stereocenters. The summed E-state index contributed by atoms with van der Waals surface area (Å²) in [5.74, 6) is 0. The number of benzene rings is 1. The number of H-pyrrole nitrogens is 1. The smallest absolute Gasteiger partial charge is 0.278 e. The van der Waals surface area contributed by atoms with Gasteiger partial charge in [-0.05, 0) is 36.8 Å². The van der Waals surface area contributed by atoms with Crippen LogP contribution in [0.15, 0.2) is 30.5 Å². The van der Waals surface area contributed by atoms with Gasteiger partial charge in [0, 0.05) is 18.0 Å². The van der Waals surface area contributed by atoms with E-state index in [0.29, 0.717) is 11.2 Å². The molecule has 0 radical (unpaired) electrons. The van der Waals surface area contributed by atoms with Crippen LogP contribution in [-0.4, -0.2) is 25.0 Å². The number of hydrogen-bond acceptors (Lipinski definition) is 3. The Balaban J connectivity index is 2.02. The standard InChI is InChI=1S/C16H12F3N5/c1-8-5-9(6-10-7-20-22-13(8)10)15-14-11(23-24(15)2)3-4-12(21-14)16(17,18)19/h3-7H,1-2H3,(H,20,22). The highest BCUT2D eigenvalue weighted by molar-refractivity contribution is 5.94. The summed E-state index contributed by atoms with van der Waals surface area (Å²) in [5.41, 5.74) is 2.86. The SMILES string of the molecule is Cc1cc(-c2c3nc(C(F)(F)F)ccc3nn2C)cc2cn[nH]c12. The van der Waals surface area contributed by atoms with Crippen molar-refractivity contribution in [2.75, 3.05) is 0 Å². The first-order valence-electron chi connectivity index (χ1n) is 7.19. The summed E-state index contributed by atoms with van der Waals surface area (Å²) in [6.07, 6.45) is -2.81. The third kappa shape index (κ3) is 2.14. The minimum Gasteiger partial charge on any atom is -0.278 e. The van der Waals surface area contributed by atoms with Crippen LogP contribution in [0.3, 0.4) is 0 Å². The minimum absolute atomic E-state index is 0.231. The third-order valence-electron chi connectivity index (χ3n) is 3.99. The Morgan fingerprint density at radius 1 is 1.17 bits per heavy atom. The van der Waals surface area contributed by atoms with Crippen LogP contribution in [0.2, 0.25) is 0 Å². The van der Waals surface area contributed by atoms with Crippen LogP contribution in [0.5, 0.6) is 0 Å². The largest absolute Gasteiger partial charge is 0.433 e. The average molecular weight is 331 g/mol. The maximum absolute atomic E-state index is 13.0. The molecule has 0 amide bonds. The summed E-state index contributed by atoms with van der Waals surface area (Å²) in [6, 6.07) is 6.05. The van der Waals surface area contributed by atoms with E-state index in [1.807, 2.05) is 19.1 Å². The predicted octanol–water partition coefficient (Wildman–Crippen LogP) is 3.84. The minimum atomic E-state index is -4.49. The molecule has 0 saturated heterocycles. The molecule has 0 fully saturated rings. The quantitative estimate of drug-likeness (QED) is 0.576. The number of rotatable bonds is 1. The van der Waals surface area contributed by atoms with E-state index in [4.69, 9.17) is 0 Å². The highest BCUT2D eigenvalue weighted by Crippen LogP contribution is 2.34. The number of hydrogen-bond donors (Lipinski definition) is 1. The van der Waals surface area contributed by atoms with Crippen LogP contribution in [0.1, 0.15) is 11.3 Å². The molecule has 0 bridgehead atoms. The number of fused-ring (bicyclic) bond motifs is 2. The lowest BCUT2D eigenvalue weighted by Crippen LogP contribution is -2.07. The molecular weight excluding hydrogens is 319 g/mol. The van der Waals surface area contributed by atoms with E-state index in [9.17, 15) is 13.2 Å². The van der Waals surface area contributed by atoms with Gasteiger partial charge in [0.1, 0.15) is 16.7 Å². The van der Waals surface area contributed by atoms with Gasteiger partial charge in [0.15, 0.2) is 0 Å². The summed E-state index contributed by atoms with van der Waals surface area (Å²) in [5, 5.41) is 12.1. The van der Waals surface area contributed by atoms with Crippen molar-refractivity contribution >= 4 is 21.9 Å². The van der Waals surface area contributed by atoms with Crippen molar-refractivity contribution in [3.05, 3.63) is 41.7 Å². The van der Waals surface area contributed by atoms with E-state index in [1.165, 1.54) is 6.07 Å². The highest BCUT2D eigenvalue weighted by Gasteiger charge is 2.33. The van der Waals surface area contributed by atoms with E-state index < -0.39 is 11.9 Å². The van der Waals surface area contributed by atoms with Crippen molar-refractivity contribution in [2.45, 2.75) is 13.1 Å². The van der Waals surface area contributed by atoms with E-state index in [2.05, 4.69) is 20.3 Å². The number of aromatic amines is 1.